The van der Waals surface area contributed by atoms with Crippen LogP contribution in [0.3, 0.4) is 0 Å². The van der Waals surface area contributed by atoms with E-state index in [1.807, 2.05) is 11.8 Å². The number of nitrogens with zero attached hydrogens (tertiary/aromatic N) is 1. The highest BCUT2D eigenvalue weighted by molar-refractivity contribution is 8.00. The zero-order valence-electron chi connectivity index (χ0n) is 10.6. The summed E-state index contributed by atoms with van der Waals surface area (Å²) < 4.78 is 1.61. The molecule has 0 saturated carbocycles. The lowest BCUT2D eigenvalue weighted by Gasteiger charge is -2.17. The summed E-state index contributed by atoms with van der Waals surface area (Å²) in [7, 11) is 0. The molecule has 4 nitrogen and oxygen atoms in total. The fourth-order valence-electron chi connectivity index (χ4n) is 2.46. The Hall–Kier alpha value is -1.23. The van der Waals surface area contributed by atoms with Crippen molar-refractivity contribution in [1.82, 2.24) is 4.57 Å². The number of aryl methyl sites for hydroxylation is 1. The molecule has 2 heterocycles. The van der Waals surface area contributed by atoms with Gasteiger partial charge in [-0.15, -0.1) is 0 Å². The third-order valence-corrected chi connectivity index (χ3v) is 4.77. The Balaban J connectivity index is 2.42. The maximum Gasteiger partial charge on any atom is 0.337 e. The number of hydrogen-bond acceptors (Lipinski definition) is 3. The molecule has 0 spiro atoms. The first-order valence-electron chi connectivity index (χ1n) is 6.06. The van der Waals surface area contributed by atoms with Crippen molar-refractivity contribution in [2.75, 3.05) is 5.75 Å². The Bertz CT molecular complexity index is 530. The number of rotatable bonds is 3. The lowest BCUT2D eigenvalue weighted by atomic mass is 10.1. The maximum absolute atomic E-state index is 12.0. The summed E-state index contributed by atoms with van der Waals surface area (Å²) in [6, 6.07) is 1.43. The molecule has 1 atom stereocenters. The van der Waals surface area contributed by atoms with Crippen molar-refractivity contribution in [3.63, 3.8) is 0 Å². The SMILES string of the molecule is Cc1cc(=O)n(CC2CCCS2)c(C)c1C(=O)O. The first kappa shape index (κ1) is 13.2. The molecule has 1 aromatic rings. The smallest absolute Gasteiger partial charge is 0.337 e. The van der Waals surface area contributed by atoms with Gasteiger partial charge in [-0.1, -0.05) is 0 Å². The predicted octanol–water partition coefficient (Wildman–Crippen LogP) is 2.06. The quantitative estimate of drug-likeness (QED) is 0.910. The Labute approximate surface area is 110 Å². The van der Waals surface area contributed by atoms with Crippen molar-refractivity contribution in [2.45, 2.75) is 38.5 Å². The van der Waals surface area contributed by atoms with Gasteiger partial charge in [-0.05, 0) is 38.0 Å². The largest absolute Gasteiger partial charge is 0.478 e. The van der Waals surface area contributed by atoms with E-state index in [-0.39, 0.29) is 11.1 Å². The molecule has 0 radical (unpaired) electrons. The Kier molecular flexibility index (Phi) is 3.80. The molecule has 1 aliphatic heterocycles. The van der Waals surface area contributed by atoms with E-state index < -0.39 is 5.97 Å². The van der Waals surface area contributed by atoms with Crippen LogP contribution in [-0.4, -0.2) is 26.6 Å². The topological polar surface area (TPSA) is 59.3 Å². The van der Waals surface area contributed by atoms with E-state index in [4.69, 9.17) is 0 Å². The van der Waals surface area contributed by atoms with Gasteiger partial charge in [0.15, 0.2) is 0 Å². The van der Waals surface area contributed by atoms with Crippen molar-refractivity contribution in [1.29, 1.82) is 0 Å². The standard InChI is InChI=1S/C13H17NO3S/c1-8-6-11(15)14(7-10-4-3-5-18-10)9(2)12(8)13(16)17/h6,10H,3-5,7H2,1-2H3,(H,16,17). The Morgan fingerprint density at radius 3 is 2.83 bits per heavy atom. The first-order valence-corrected chi connectivity index (χ1v) is 7.11. The number of carboxylic acid groups (broad SMARTS) is 1. The minimum absolute atomic E-state index is 0.0949. The summed E-state index contributed by atoms with van der Waals surface area (Å²) in [6.45, 7) is 4.01. The molecule has 1 N–H and O–H groups in total. The van der Waals surface area contributed by atoms with Crippen LogP contribution in [0.2, 0.25) is 0 Å². The molecule has 1 fully saturated rings. The normalized spacial score (nSPS) is 19.1. The van der Waals surface area contributed by atoms with Crippen molar-refractivity contribution in [2.24, 2.45) is 0 Å². The van der Waals surface area contributed by atoms with Crippen LogP contribution in [0.25, 0.3) is 0 Å². The fourth-order valence-corrected chi connectivity index (χ4v) is 3.72. The molecule has 0 bridgehead atoms. The Morgan fingerprint density at radius 2 is 2.28 bits per heavy atom. The molecule has 98 valence electrons. The minimum Gasteiger partial charge on any atom is -0.478 e. The summed E-state index contributed by atoms with van der Waals surface area (Å²) in [5.41, 5.74) is 1.28. The Morgan fingerprint density at radius 1 is 1.56 bits per heavy atom. The molecule has 1 saturated heterocycles. The van der Waals surface area contributed by atoms with Crippen molar-refractivity contribution >= 4 is 17.7 Å². The third kappa shape index (κ3) is 2.46. The number of aromatic carboxylic acids is 1. The van der Waals surface area contributed by atoms with Crippen LogP contribution < -0.4 is 5.56 Å². The second-order valence-corrected chi connectivity index (χ2v) is 6.09. The predicted molar refractivity (Wildman–Crippen MR) is 72.6 cm³/mol. The fraction of sp³-hybridized carbons (Fsp3) is 0.538. The van der Waals surface area contributed by atoms with E-state index in [1.165, 1.54) is 12.5 Å². The molecule has 2 rings (SSSR count). The van der Waals surface area contributed by atoms with E-state index in [0.29, 0.717) is 23.1 Å². The lowest BCUT2D eigenvalue weighted by molar-refractivity contribution is 0.0694. The molecule has 18 heavy (non-hydrogen) atoms. The van der Waals surface area contributed by atoms with Crippen molar-refractivity contribution in [3.8, 4) is 0 Å². The number of hydrogen-bond donors (Lipinski definition) is 1. The molecule has 1 aliphatic rings. The van der Waals surface area contributed by atoms with Crippen molar-refractivity contribution in [3.05, 3.63) is 33.2 Å². The average molecular weight is 267 g/mol. The molecule has 0 amide bonds. The number of aromatic nitrogens is 1. The summed E-state index contributed by atoms with van der Waals surface area (Å²) in [5, 5.41) is 9.64. The van der Waals surface area contributed by atoms with Gasteiger partial charge in [-0.3, -0.25) is 4.79 Å². The number of pyridine rings is 1. The molecular weight excluding hydrogens is 250 g/mol. The minimum atomic E-state index is -0.960. The van der Waals surface area contributed by atoms with Gasteiger partial charge in [0.1, 0.15) is 0 Å². The lowest BCUT2D eigenvalue weighted by Crippen LogP contribution is -2.28. The van der Waals surface area contributed by atoms with Gasteiger partial charge in [-0.25, -0.2) is 4.79 Å². The second-order valence-electron chi connectivity index (χ2n) is 4.68. The molecule has 0 aliphatic carbocycles. The second kappa shape index (κ2) is 5.18. The van der Waals surface area contributed by atoms with Gasteiger partial charge in [0.05, 0.1) is 5.56 Å². The van der Waals surface area contributed by atoms with Crippen molar-refractivity contribution < 1.29 is 9.90 Å². The zero-order valence-corrected chi connectivity index (χ0v) is 11.4. The van der Waals surface area contributed by atoms with E-state index in [0.717, 1.165) is 12.2 Å². The summed E-state index contributed by atoms with van der Waals surface area (Å²) >= 11 is 1.87. The number of carbonyl (C=O) groups is 1. The zero-order chi connectivity index (χ0) is 13.3. The van der Waals surface area contributed by atoms with E-state index in [1.54, 1.807) is 18.4 Å². The van der Waals surface area contributed by atoms with Crippen LogP contribution >= 0.6 is 11.8 Å². The van der Waals surface area contributed by atoms with Crippen LogP contribution in [0.15, 0.2) is 10.9 Å². The number of thioether (sulfide) groups is 1. The van der Waals surface area contributed by atoms with E-state index in [2.05, 4.69) is 0 Å². The van der Waals surface area contributed by atoms with Crippen LogP contribution in [0, 0.1) is 13.8 Å². The van der Waals surface area contributed by atoms with Gasteiger partial charge < -0.3 is 9.67 Å². The van der Waals surface area contributed by atoms with Gasteiger partial charge in [0.2, 0.25) is 0 Å². The van der Waals surface area contributed by atoms with E-state index >= 15 is 0 Å². The first-order chi connectivity index (χ1) is 8.50. The number of carboxylic acids is 1. The monoisotopic (exact) mass is 267 g/mol. The molecule has 1 unspecified atom stereocenters. The molecule has 1 aromatic heterocycles. The van der Waals surface area contributed by atoms with Crippen LogP contribution in [0.5, 0.6) is 0 Å². The van der Waals surface area contributed by atoms with Crippen LogP contribution in [0.4, 0.5) is 0 Å². The summed E-state index contributed by atoms with van der Waals surface area (Å²) in [6.07, 6.45) is 2.29. The maximum atomic E-state index is 12.0. The van der Waals surface area contributed by atoms with Crippen LogP contribution in [-0.2, 0) is 6.54 Å². The molecule has 0 aromatic carbocycles. The van der Waals surface area contributed by atoms with Crippen LogP contribution in [0.1, 0.15) is 34.5 Å². The van der Waals surface area contributed by atoms with Gasteiger partial charge in [0.25, 0.3) is 5.56 Å². The summed E-state index contributed by atoms with van der Waals surface area (Å²) in [4.78, 5) is 23.2. The van der Waals surface area contributed by atoms with E-state index in [9.17, 15) is 14.7 Å². The summed E-state index contributed by atoms with van der Waals surface area (Å²) in [5.74, 6) is 0.175. The van der Waals surface area contributed by atoms with Gasteiger partial charge >= 0.3 is 5.97 Å². The highest BCUT2D eigenvalue weighted by atomic mass is 32.2. The molecular formula is C13H17NO3S. The van der Waals surface area contributed by atoms with Gasteiger partial charge in [0, 0.05) is 23.6 Å². The highest BCUT2D eigenvalue weighted by Gasteiger charge is 2.20. The highest BCUT2D eigenvalue weighted by Crippen LogP contribution is 2.27. The average Bonchev–Trinajstić information content (AvgIpc) is 2.75. The van der Waals surface area contributed by atoms with Gasteiger partial charge in [-0.2, -0.15) is 11.8 Å². The molecule has 5 heteroatoms. The third-order valence-electron chi connectivity index (χ3n) is 3.39.